The monoisotopic (exact) mass is 352 g/mol. The van der Waals surface area contributed by atoms with Gasteiger partial charge in [-0.05, 0) is 50.0 Å². The van der Waals surface area contributed by atoms with Gasteiger partial charge >= 0.3 is 6.18 Å². The second kappa shape index (κ2) is 8.98. The summed E-state index contributed by atoms with van der Waals surface area (Å²) in [4.78, 5) is 11.7. The van der Waals surface area contributed by atoms with Crippen molar-refractivity contribution in [2.45, 2.75) is 19.0 Å². The summed E-state index contributed by atoms with van der Waals surface area (Å²) in [6.07, 6.45) is -2.28. The quantitative estimate of drug-likeness (QED) is 0.856. The van der Waals surface area contributed by atoms with Crippen LogP contribution in [0.5, 0.6) is 5.75 Å². The predicted octanol–water partition coefficient (Wildman–Crippen LogP) is 2.62. The Morgan fingerprint density at radius 3 is 2.83 bits per heavy atom. The van der Waals surface area contributed by atoms with E-state index in [9.17, 15) is 18.0 Å². The van der Waals surface area contributed by atoms with Gasteiger partial charge in [0.25, 0.3) is 5.91 Å². The molecule has 2 rings (SSSR count). The smallest absolute Gasteiger partial charge is 0.416 e. The zero-order valence-corrected chi connectivity index (χ0v) is 13.3. The van der Waals surface area contributed by atoms with Crippen molar-refractivity contribution in [3.63, 3.8) is 0 Å². The lowest BCUT2D eigenvalue weighted by molar-refractivity contribution is -0.137. The van der Waals surface area contributed by atoms with Gasteiger partial charge in [-0.15, -0.1) is 12.4 Å². The van der Waals surface area contributed by atoms with E-state index in [0.717, 1.165) is 38.1 Å². The Kier molecular flexibility index (Phi) is 7.64. The van der Waals surface area contributed by atoms with Crippen molar-refractivity contribution in [3.8, 4) is 5.75 Å². The van der Waals surface area contributed by atoms with Gasteiger partial charge in [-0.1, -0.05) is 6.07 Å². The number of carbonyl (C=O) groups excluding carboxylic acids is 1. The molecule has 1 aliphatic rings. The average Bonchev–Trinajstić information content (AvgIpc) is 2.51. The number of alkyl halides is 3. The number of rotatable bonds is 5. The third kappa shape index (κ3) is 6.66. The van der Waals surface area contributed by atoms with E-state index in [4.69, 9.17) is 4.74 Å². The van der Waals surface area contributed by atoms with Crippen molar-refractivity contribution in [1.82, 2.24) is 10.6 Å². The molecule has 1 fully saturated rings. The molecule has 130 valence electrons. The lowest BCUT2D eigenvalue weighted by Gasteiger charge is -2.22. The molecule has 1 aliphatic heterocycles. The highest BCUT2D eigenvalue weighted by Crippen LogP contribution is 2.31. The number of halogens is 4. The van der Waals surface area contributed by atoms with E-state index < -0.39 is 11.7 Å². The molecule has 0 bridgehead atoms. The topological polar surface area (TPSA) is 50.4 Å². The normalized spacial score (nSPS) is 18.0. The molecule has 1 aromatic rings. The Hall–Kier alpha value is -1.47. The maximum Gasteiger partial charge on any atom is 0.416 e. The standard InChI is InChI=1S/C15H19F3N2O2.ClH/c16-15(17,18)12-4-1-5-13(7-12)22-10-14(21)20-9-11-3-2-6-19-8-11;/h1,4-5,7,11,19H,2-3,6,8-10H2,(H,20,21);1H. The Bertz CT molecular complexity index is 506. The molecule has 1 aromatic carbocycles. The zero-order valence-electron chi connectivity index (χ0n) is 12.5. The lowest BCUT2D eigenvalue weighted by atomic mass is 10.00. The Morgan fingerprint density at radius 2 is 2.17 bits per heavy atom. The summed E-state index contributed by atoms with van der Waals surface area (Å²) in [5.74, 6) is 0.0959. The van der Waals surface area contributed by atoms with Crippen LogP contribution in [0.2, 0.25) is 0 Å². The van der Waals surface area contributed by atoms with Gasteiger partial charge in [0.15, 0.2) is 6.61 Å². The lowest BCUT2D eigenvalue weighted by Crippen LogP contribution is -2.39. The number of piperidine rings is 1. The second-order valence-electron chi connectivity index (χ2n) is 5.33. The third-order valence-electron chi connectivity index (χ3n) is 3.52. The van der Waals surface area contributed by atoms with Gasteiger partial charge in [-0.3, -0.25) is 4.79 Å². The van der Waals surface area contributed by atoms with Gasteiger partial charge in [0, 0.05) is 6.54 Å². The van der Waals surface area contributed by atoms with Crippen LogP contribution < -0.4 is 15.4 Å². The molecule has 1 atom stereocenters. The van der Waals surface area contributed by atoms with E-state index in [-0.39, 0.29) is 30.7 Å². The summed E-state index contributed by atoms with van der Waals surface area (Å²) in [5, 5.41) is 5.99. The number of hydrogen-bond donors (Lipinski definition) is 2. The fourth-order valence-corrected chi connectivity index (χ4v) is 2.32. The molecule has 1 heterocycles. The van der Waals surface area contributed by atoms with Gasteiger partial charge in [0.2, 0.25) is 0 Å². The molecule has 0 radical (unpaired) electrons. The van der Waals surface area contributed by atoms with E-state index >= 15 is 0 Å². The SMILES string of the molecule is Cl.O=C(COc1cccc(C(F)(F)F)c1)NCC1CCCNC1. The van der Waals surface area contributed by atoms with Crippen LogP contribution >= 0.6 is 12.4 Å². The van der Waals surface area contributed by atoms with Crippen molar-refractivity contribution in [3.05, 3.63) is 29.8 Å². The van der Waals surface area contributed by atoms with Gasteiger partial charge < -0.3 is 15.4 Å². The van der Waals surface area contributed by atoms with Crippen LogP contribution in [0, 0.1) is 5.92 Å². The predicted molar refractivity (Wildman–Crippen MR) is 82.8 cm³/mol. The molecule has 4 nitrogen and oxygen atoms in total. The van der Waals surface area contributed by atoms with E-state index in [1.807, 2.05) is 0 Å². The van der Waals surface area contributed by atoms with Gasteiger partial charge in [-0.25, -0.2) is 0 Å². The van der Waals surface area contributed by atoms with Crippen molar-refractivity contribution >= 4 is 18.3 Å². The van der Waals surface area contributed by atoms with E-state index in [2.05, 4.69) is 10.6 Å². The fourth-order valence-electron chi connectivity index (χ4n) is 2.32. The molecular weight excluding hydrogens is 333 g/mol. The van der Waals surface area contributed by atoms with Crippen molar-refractivity contribution in [2.75, 3.05) is 26.2 Å². The maximum absolute atomic E-state index is 12.6. The number of nitrogens with one attached hydrogen (secondary N) is 2. The highest BCUT2D eigenvalue weighted by atomic mass is 35.5. The summed E-state index contributed by atoms with van der Waals surface area (Å²) in [6.45, 7) is 2.14. The van der Waals surface area contributed by atoms with Gasteiger partial charge in [0.05, 0.1) is 5.56 Å². The Labute approximate surface area is 139 Å². The molecule has 2 N–H and O–H groups in total. The van der Waals surface area contributed by atoms with Crippen LogP contribution in [0.15, 0.2) is 24.3 Å². The number of benzene rings is 1. The fraction of sp³-hybridized carbons (Fsp3) is 0.533. The second-order valence-corrected chi connectivity index (χ2v) is 5.33. The summed E-state index contributed by atoms with van der Waals surface area (Å²) in [6, 6.07) is 4.50. The van der Waals surface area contributed by atoms with Crippen LogP contribution in [0.4, 0.5) is 13.2 Å². The number of hydrogen-bond acceptors (Lipinski definition) is 3. The van der Waals surface area contributed by atoms with Gasteiger partial charge in [-0.2, -0.15) is 13.2 Å². The Balaban J connectivity index is 0.00000264. The number of amides is 1. The van der Waals surface area contributed by atoms with Crippen molar-refractivity contribution in [1.29, 1.82) is 0 Å². The molecule has 1 amide bonds. The van der Waals surface area contributed by atoms with E-state index in [0.29, 0.717) is 12.5 Å². The molecule has 0 aliphatic carbocycles. The van der Waals surface area contributed by atoms with Crippen molar-refractivity contribution < 1.29 is 22.7 Å². The molecule has 0 saturated carbocycles. The van der Waals surface area contributed by atoms with Crippen LogP contribution in [0.3, 0.4) is 0 Å². The summed E-state index contributed by atoms with van der Waals surface area (Å²) in [7, 11) is 0. The van der Waals surface area contributed by atoms with Crippen molar-refractivity contribution in [2.24, 2.45) is 5.92 Å². The minimum atomic E-state index is -4.42. The summed E-state index contributed by atoms with van der Waals surface area (Å²) < 4.78 is 42.8. The third-order valence-corrected chi connectivity index (χ3v) is 3.52. The number of ether oxygens (including phenoxy) is 1. The summed E-state index contributed by atoms with van der Waals surface area (Å²) >= 11 is 0. The van der Waals surface area contributed by atoms with Gasteiger partial charge in [0.1, 0.15) is 5.75 Å². The number of carbonyl (C=O) groups is 1. The molecule has 23 heavy (non-hydrogen) atoms. The highest BCUT2D eigenvalue weighted by molar-refractivity contribution is 5.85. The van der Waals surface area contributed by atoms with E-state index in [1.165, 1.54) is 12.1 Å². The molecule has 1 unspecified atom stereocenters. The molecule has 0 aromatic heterocycles. The first-order valence-electron chi connectivity index (χ1n) is 7.22. The van der Waals surface area contributed by atoms with Crippen LogP contribution in [-0.4, -0.2) is 32.1 Å². The van der Waals surface area contributed by atoms with Crippen LogP contribution in [0.1, 0.15) is 18.4 Å². The Morgan fingerprint density at radius 1 is 1.39 bits per heavy atom. The maximum atomic E-state index is 12.6. The zero-order chi connectivity index (χ0) is 16.0. The van der Waals surface area contributed by atoms with Crippen LogP contribution in [-0.2, 0) is 11.0 Å². The first-order chi connectivity index (χ1) is 10.4. The minimum absolute atomic E-state index is 0. The first-order valence-corrected chi connectivity index (χ1v) is 7.22. The largest absolute Gasteiger partial charge is 0.484 e. The first kappa shape index (κ1) is 19.6. The summed E-state index contributed by atoms with van der Waals surface area (Å²) in [5.41, 5.74) is -0.793. The highest BCUT2D eigenvalue weighted by Gasteiger charge is 2.30. The minimum Gasteiger partial charge on any atom is -0.484 e. The molecular formula is C15H20ClF3N2O2. The van der Waals surface area contributed by atoms with E-state index in [1.54, 1.807) is 0 Å². The molecule has 8 heteroatoms. The average molecular weight is 353 g/mol. The van der Waals surface area contributed by atoms with Crippen LogP contribution in [0.25, 0.3) is 0 Å². The molecule has 0 spiro atoms. The molecule has 1 saturated heterocycles.